The fraction of sp³-hybridized carbons (Fsp3) is 0. The Bertz CT molecular complexity index is 2520. The van der Waals surface area contributed by atoms with Gasteiger partial charge in [-0.15, -0.1) is 0 Å². The molecule has 7 aromatic rings. The third-order valence-corrected chi connectivity index (χ3v) is 7.75. The summed E-state index contributed by atoms with van der Waals surface area (Å²) in [6, 6.07) is 28.1. The van der Waals surface area contributed by atoms with E-state index < -0.39 is 4.92 Å². The molecule has 9 rings (SSSR count). The van der Waals surface area contributed by atoms with E-state index >= 15 is 0 Å². The molecule has 0 amide bonds. The number of nitrogens with zero attached hydrogens (tertiary/aromatic N) is 7. The maximum atomic E-state index is 12.1. The summed E-state index contributed by atoms with van der Waals surface area (Å²) in [5.74, 6) is 1.78. The number of hydrogen-bond acceptors (Lipinski definition) is 8. The maximum Gasteiger partial charge on any atom is 0.281 e. The molecular weight excluding hydrogens is 606 g/mol. The number of aromatic amines is 2. The molecule has 12 heteroatoms. The van der Waals surface area contributed by atoms with Crippen LogP contribution in [-0.4, -0.2) is 44.8 Å². The van der Waals surface area contributed by atoms with Gasteiger partial charge in [-0.1, -0.05) is 84.9 Å². The Morgan fingerprint density at radius 1 is 0.477 bits per heavy atom. The van der Waals surface area contributed by atoms with Crippen LogP contribution in [0.15, 0.2) is 91.0 Å². The molecule has 0 spiro atoms. The molecule has 2 aliphatic rings. The van der Waals surface area contributed by atoms with Crippen molar-refractivity contribution in [1.29, 1.82) is 0 Å². The van der Waals surface area contributed by atoms with Gasteiger partial charge in [-0.3, -0.25) is 10.1 Å². The van der Waals surface area contributed by atoms with E-state index in [1.54, 1.807) is 12.1 Å². The second-order valence-corrected chi connectivity index (χ2v) is 10.2. The van der Waals surface area contributed by atoms with Crippen molar-refractivity contribution in [2.24, 2.45) is 0 Å². The van der Waals surface area contributed by atoms with Crippen molar-refractivity contribution < 1.29 is 22.0 Å². The zero-order valence-corrected chi connectivity index (χ0v) is 23.4. The molecular formula is C32H17CuN9O2. The van der Waals surface area contributed by atoms with Crippen molar-refractivity contribution in [1.82, 2.24) is 39.9 Å². The van der Waals surface area contributed by atoms with Gasteiger partial charge in [0.2, 0.25) is 0 Å². The number of hydrogen-bond donors (Lipinski definition) is 2. The Morgan fingerprint density at radius 2 is 0.864 bits per heavy atom. The Labute approximate surface area is 257 Å². The molecule has 2 N–H and O–H groups in total. The quantitative estimate of drug-likeness (QED) is 0.115. The van der Waals surface area contributed by atoms with Crippen LogP contribution in [0.3, 0.4) is 0 Å². The van der Waals surface area contributed by atoms with E-state index in [1.807, 2.05) is 72.8 Å². The predicted octanol–water partition coefficient (Wildman–Crippen LogP) is 6.77. The molecule has 0 saturated heterocycles. The van der Waals surface area contributed by atoms with Gasteiger partial charge < -0.3 is 9.97 Å². The number of aromatic nitrogens is 8. The summed E-state index contributed by atoms with van der Waals surface area (Å²) in [5.41, 5.74) is 4.97. The van der Waals surface area contributed by atoms with Gasteiger partial charge >= 0.3 is 0 Å². The molecule has 0 unspecified atom stereocenters. The van der Waals surface area contributed by atoms with Crippen LogP contribution in [0.1, 0.15) is 0 Å². The van der Waals surface area contributed by atoms with E-state index in [4.69, 9.17) is 29.9 Å². The number of nitro benzene ring substituents is 1. The standard InChI is InChI=1S/C32H17N9O2.Cu/c42-41(43)23-15-7-14-22-24(23)32-39-30-21-13-6-5-12-20(21)28(37-30)35-26-17-9-2-1-8-16(17)25(33-26)34-27-18-10-3-4-11-19(18)29(36-27)38-31(22)40-32;/h1-15H,(H2,33,34,35,36,37,38,39,40);. The van der Waals surface area contributed by atoms with Crippen LogP contribution in [0.5, 0.6) is 0 Å². The summed E-state index contributed by atoms with van der Waals surface area (Å²) in [6.45, 7) is 0. The van der Waals surface area contributed by atoms with Gasteiger partial charge in [0.25, 0.3) is 5.69 Å². The summed E-state index contributed by atoms with van der Waals surface area (Å²) >= 11 is 0. The van der Waals surface area contributed by atoms with Crippen LogP contribution >= 0.6 is 0 Å². The number of benzene rings is 4. The summed E-state index contributed by atoms with van der Waals surface area (Å²) in [5, 5.41) is 14.8. The van der Waals surface area contributed by atoms with Crippen LogP contribution in [0, 0.1) is 10.1 Å². The molecule has 5 heterocycles. The van der Waals surface area contributed by atoms with Crippen LogP contribution in [0.25, 0.3) is 89.7 Å². The average molecular weight is 623 g/mol. The SMILES string of the molecule is O=[N+]([O-])c1cccc2c3nc4nc(nc5[nH]c(nc6nc(nc([nH]3)c12)-c1ccccc1-6)c1ccccc51)-c1ccccc1-4.[Cu]. The van der Waals surface area contributed by atoms with Crippen molar-refractivity contribution in [3.8, 4) is 45.6 Å². The molecule has 2 aliphatic heterocycles. The summed E-state index contributed by atoms with van der Waals surface area (Å²) < 4.78 is 0. The normalized spacial score (nSPS) is 11.6. The van der Waals surface area contributed by atoms with E-state index in [-0.39, 0.29) is 28.4 Å². The van der Waals surface area contributed by atoms with Gasteiger partial charge in [0.15, 0.2) is 23.3 Å². The molecule has 0 saturated carbocycles. The number of nitrogens with one attached hydrogen (secondary N) is 2. The second-order valence-electron chi connectivity index (χ2n) is 10.2. The van der Waals surface area contributed by atoms with Crippen molar-refractivity contribution >= 4 is 49.8 Å². The Kier molecular flexibility index (Phi) is 5.63. The molecule has 11 nitrogen and oxygen atoms in total. The summed E-state index contributed by atoms with van der Waals surface area (Å²) in [4.78, 5) is 47.7. The zero-order valence-electron chi connectivity index (χ0n) is 22.4. The Hall–Kier alpha value is -5.84. The topological polar surface area (TPSA) is 152 Å². The number of H-pyrrole nitrogens is 2. The third kappa shape index (κ3) is 3.75. The van der Waals surface area contributed by atoms with Gasteiger partial charge in [-0.05, 0) is 0 Å². The van der Waals surface area contributed by atoms with Gasteiger partial charge in [0.1, 0.15) is 28.0 Å². The van der Waals surface area contributed by atoms with E-state index in [9.17, 15) is 10.1 Å². The minimum atomic E-state index is -0.417. The molecule has 0 fully saturated rings. The molecule has 213 valence electrons. The van der Waals surface area contributed by atoms with E-state index in [0.29, 0.717) is 51.0 Å². The number of non-ortho nitro benzene ring substituents is 1. The Morgan fingerprint density at radius 3 is 1.34 bits per heavy atom. The van der Waals surface area contributed by atoms with Crippen molar-refractivity contribution in [3.05, 3.63) is 101 Å². The van der Waals surface area contributed by atoms with Crippen molar-refractivity contribution in [3.63, 3.8) is 0 Å². The largest absolute Gasteiger partial charge is 0.324 e. The van der Waals surface area contributed by atoms with Crippen LogP contribution in [-0.2, 0) is 17.1 Å². The molecule has 0 aliphatic carbocycles. The Balaban J connectivity index is 0.00000289. The molecule has 1 radical (unpaired) electrons. The van der Waals surface area contributed by atoms with Gasteiger partial charge in [0.05, 0.1) is 4.92 Å². The van der Waals surface area contributed by atoms with Crippen molar-refractivity contribution in [2.45, 2.75) is 0 Å². The smallest absolute Gasteiger partial charge is 0.281 e. The molecule has 8 bridgehead atoms. The monoisotopic (exact) mass is 622 g/mol. The molecule has 0 atom stereocenters. The second kappa shape index (κ2) is 9.60. The van der Waals surface area contributed by atoms with Crippen LogP contribution < -0.4 is 0 Å². The third-order valence-electron chi connectivity index (χ3n) is 7.75. The van der Waals surface area contributed by atoms with E-state index in [0.717, 1.165) is 33.0 Å². The first-order valence-corrected chi connectivity index (χ1v) is 13.5. The number of nitro groups is 1. The first-order chi connectivity index (χ1) is 21.1. The summed E-state index contributed by atoms with van der Waals surface area (Å²) in [6.07, 6.45) is 0. The van der Waals surface area contributed by atoms with E-state index in [1.165, 1.54) is 6.07 Å². The van der Waals surface area contributed by atoms with Gasteiger partial charge in [-0.2, -0.15) is 0 Å². The fourth-order valence-corrected chi connectivity index (χ4v) is 5.82. The molecule has 4 aromatic carbocycles. The number of fused-ring (bicyclic) bond motifs is 20. The average Bonchev–Trinajstić information content (AvgIpc) is 3.76. The zero-order chi connectivity index (χ0) is 28.7. The molecule has 3 aromatic heterocycles. The van der Waals surface area contributed by atoms with Gasteiger partial charge in [-0.25, -0.2) is 29.9 Å². The van der Waals surface area contributed by atoms with Crippen LogP contribution in [0.4, 0.5) is 5.69 Å². The van der Waals surface area contributed by atoms with Gasteiger partial charge in [0, 0.05) is 61.5 Å². The minimum absolute atomic E-state index is 0. The van der Waals surface area contributed by atoms with Crippen LogP contribution in [0.2, 0.25) is 0 Å². The first-order valence-electron chi connectivity index (χ1n) is 13.5. The van der Waals surface area contributed by atoms with Crippen molar-refractivity contribution in [2.75, 3.05) is 0 Å². The minimum Gasteiger partial charge on any atom is -0.324 e. The summed E-state index contributed by atoms with van der Waals surface area (Å²) in [7, 11) is 0. The molecule has 44 heavy (non-hydrogen) atoms. The predicted molar refractivity (Wildman–Crippen MR) is 163 cm³/mol. The fourth-order valence-electron chi connectivity index (χ4n) is 5.82. The first kappa shape index (κ1) is 25.8. The number of rotatable bonds is 1. The maximum absolute atomic E-state index is 12.1. The van der Waals surface area contributed by atoms with E-state index in [2.05, 4.69) is 9.97 Å².